The first-order valence-corrected chi connectivity index (χ1v) is 4.79. The van der Waals surface area contributed by atoms with Crippen molar-refractivity contribution in [2.24, 2.45) is 0 Å². The monoisotopic (exact) mass is 193 g/mol. The molecule has 1 aromatic rings. The minimum atomic E-state index is 0.746. The van der Waals surface area contributed by atoms with Crippen LogP contribution in [0.15, 0.2) is 12.3 Å². The summed E-state index contributed by atoms with van der Waals surface area (Å²) in [7, 11) is 3.88. The summed E-state index contributed by atoms with van der Waals surface area (Å²) in [5.41, 5.74) is 3.26. The van der Waals surface area contributed by atoms with Crippen molar-refractivity contribution >= 4 is 11.8 Å². The molecule has 1 aliphatic heterocycles. The van der Waals surface area contributed by atoms with Gasteiger partial charge in [0.1, 0.15) is 5.82 Å². The molecule has 2 heterocycles. The maximum atomic E-state index is 4.43. The maximum Gasteiger partial charge on any atom is 0.226 e. The Morgan fingerprint density at radius 2 is 2.36 bits per heavy atom. The average Bonchev–Trinajstić information content (AvgIpc) is 2.71. The number of hydrazine groups is 1. The highest BCUT2D eigenvalue weighted by atomic mass is 15.5. The summed E-state index contributed by atoms with van der Waals surface area (Å²) in [5, 5.41) is 2.06. The summed E-state index contributed by atoms with van der Waals surface area (Å²) in [6, 6.07) is 1.92. The van der Waals surface area contributed by atoms with E-state index in [-0.39, 0.29) is 0 Å². The van der Waals surface area contributed by atoms with Gasteiger partial charge in [-0.2, -0.15) is 4.98 Å². The molecule has 0 atom stereocenters. The number of nitrogens with zero attached hydrogens (tertiary/aromatic N) is 4. The SMILES string of the molecule is CN(C)c1nccc(N2CCCN2)n1. The smallest absolute Gasteiger partial charge is 0.226 e. The van der Waals surface area contributed by atoms with Crippen molar-refractivity contribution in [3.63, 3.8) is 0 Å². The van der Waals surface area contributed by atoms with Crippen LogP contribution in [0.4, 0.5) is 11.8 Å². The highest BCUT2D eigenvalue weighted by molar-refractivity contribution is 5.42. The third-order valence-electron chi connectivity index (χ3n) is 2.17. The molecule has 1 aliphatic rings. The van der Waals surface area contributed by atoms with E-state index in [2.05, 4.69) is 20.4 Å². The molecule has 0 unspecified atom stereocenters. The molecule has 1 N–H and O–H groups in total. The van der Waals surface area contributed by atoms with Gasteiger partial charge in [0.15, 0.2) is 0 Å². The van der Waals surface area contributed by atoms with Crippen molar-refractivity contribution in [2.75, 3.05) is 37.1 Å². The number of aromatic nitrogens is 2. The molecule has 0 aromatic carbocycles. The molecule has 0 amide bonds. The predicted octanol–water partition coefficient (Wildman–Crippen LogP) is 0.257. The van der Waals surface area contributed by atoms with Crippen molar-refractivity contribution in [3.05, 3.63) is 12.3 Å². The lowest BCUT2D eigenvalue weighted by Crippen LogP contribution is -2.31. The van der Waals surface area contributed by atoms with E-state index in [9.17, 15) is 0 Å². The lowest BCUT2D eigenvalue weighted by atomic mass is 10.4. The first kappa shape index (κ1) is 9.21. The van der Waals surface area contributed by atoms with Crippen LogP contribution in [0.3, 0.4) is 0 Å². The van der Waals surface area contributed by atoms with Gasteiger partial charge in [0.05, 0.1) is 0 Å². The summed E-state index contributed by atoms with van der Waals surface area (Å²) in [4.78, 5) is 10.5. The summed E-state index contributed by atoms with van der Waals surface area (Å²) in [6.07, 6.45) is 2.96. The van der Waals surface area contributed by atoms with Crippen LogP contribution in [-0.4, -0.2) is 37.2 Å². The number of nitrogens with one attached hydrogen (secondary N) is 1. The molecule has 5 nitrogen and oxygen atoms in total. The molecule has 0 aliphatic carbocycles. The Labute approximate surface area is 83.7 Å². The van der Waals surface area contributed by atoms with Gasteiger partial charge in [-0.3, -0.25) is 5.01 Å². The minimum Gasteiger partial charge on any atom is -0.347 e. The zero-order valence-electron chi connectivity index (χ0n) is 8.56. The Balaban J connectivity index is 2.21. The zero-order chi connectivity index (χ0) is 9.97. The second-order valence-electron chi connectivity index (χ2n) is 3.52. The first-order valence-electron chi connectivity index (χ1n) is 4.79. The van der Waals surface area contributed by atoms with Crippen molar-refractivity contribution in [1.29, 1.82) is 0 Å². The lowest BCUT2D eigenvalue weighted by molar-refractivity contribution is 0.769. The van der Waals surface area contributed by atoms with E-state index in [4.69, 9.17) is 0 Å². The molecule has 1 aromatic heterocycles. The van der Waals surface area contributed by atoms with E-state index in [0.717, 1.165) is 24.9 Å². The molecule has 0 saturated carbocycles. The van der Waals surface area contributed by atoms with E-state index in [1.807, 2.05) is 25.1 Å². The maximum absolute atomic E-state index is 4.43. The van der Waals surface area contributed by atoms with Crippen molar-refractivity contribution in [3.8, 4) is 0 Å². The third-order valence-corrected chi connectivity index (χ3v) is 2.17. The van der Waals surface area contributed by atoms with Crippen molar-refractivity contribution in [2.45, 2.75) is 6.42 Å². The number of hydrogen-bond donors (Lipinski definition) is 1. The molecule has 1 saturated heterocycles. The van der Waals surface area contributed by atoms with E-state index >= 15 is 0 Å². The highest BCUT2D eigenvalue weighted by Gasteiger charge is 2.13. The van der Waals surface area contributed by atoms with Crippen molar-refractivity contribution < 1.29 is 0 Å². The molecule has 14 heavy (non-hydrogen) atoms. The van der Waals surface area contributed by atoms with E-state index < -0.39 is 0 Å². The lowest BCUT2D eigenvalue weighted by Gasteiger charge is -2.18. The van der Waals surface area contributed by atoms with Gasteiger partial charge < -0.3 is 4.90 Å². The van der Waals surface area contributed by atoms with Gasteiger partial charge in [-0.1, -0.05) is 0 Å². The molecule has 76 valence electrons. The Morgan fingerprint density at radius 3 is 3.00 bits per heavy atom. The molecule has 0 radical (unpaired) electrons. The van der Waals surface area contributed by atoms with Crippen LogP contribution < -0.4 is 15.3 Å². The van der Waals surface area contributed by atoms with Crippen LogP contribution in [0.1, 0.15) is 6.42 Å². The van der Waals surface area contributed by atoms with E-state index in [0.29, 0.717) is 0 Å². The van der Waals surface area contributed by atoms with Crippen LogP contribution in [-0.2, 0) is 0 Å². The van der Waals surface area contributed by atoms with Crippen LogP contribution in [0.2, 0.25) is 0 Å². The number of rotatable bonds is 2. The Morgan fingerprint density at radius 1 is 1.50 bits per heavy atom. The van der Waals surface area contributed by atoms with Gasteiger partial charge in [0.25, 0.3) is 0 Å². The van der Waals surface area contributed by atoms with Crippen LogP contribution in [0, 0.1) is 0 Å². The summed E-state index contributed by atoms with van der Waals surface area (Å²) < 4.78 is 0. The molecular formula is C9H15N5. The van der Waals surface area contributed by atoms with Gasteiger partial charge in [0.2, 0.25) is 5.95 Å². The standard InChI is InChI=1S/C9H15N5/c1-13(2)9-10-6-4-8(12-9)14-7-3-5-11-14/h4,6,11H,3,5,7H2,1-2H3. The quantitative estimate of drug-likeness (QED) is 0.729. The minimum absolute atomic E-state index is 0.746. The van der Waals surface area contributed by atoms with E-state index in [1.165, 1.54) is 6.42 Å². The fraction of sp³-hybridized carbons (Fsp3) is 0.556. The van der Waals surface area contributed by atoms with Gasteiger partial charge in [0, 0.05) is 39.4 Å². The van der Waals surface area contributed by atoms with Gasteiger partial charge in [-0.05, 0) is 6.42 Å². The normalized spacial score (nSPS) is 16.0. The average molecular weight is 193 g/mol. The van der Waals surface area contributed by atoms with Crippen LogP contribution >= 0.6 is 0 Å². The molecular weight excluding hydrogens is 178 g/mol. The molecule has 5 heteroatoms. The van der Waals surface area contributed by atoms with Gasteiger partial charge in [-0.25, -0.2) is 10.4 Å². The highest BCUT2D eigenvalue weighted by Crippen LogP contribution is 2.13. The first-order chi connectivity index (χ1) is 6.77. The molecule has 1 fully saturated rings. The summed E-state index contributed by atoms with van der Waals surface area (Å²) >= 11 is 0. The largest absolute Gasteiger partial charge is 0.347 e. The Hall–Kier alpha value is -1.36. The Kier molecular flexibility index (Phi) is 2.49. The summed E-state index contributed by atoms with van der Waals surface area (Å²) in [5.74, 6) is 1.69. The predicted molar refractivity (Wildman–Crippen MR) is 56.3 cm³/mol. The molecule has 2 rings (SSSR count). The van der Waals surface area contributed by atoms with Crippen LogP contribution in [0.5, 0.6) is 0 Å². The fourth-order valence-electron chi connectivity index (χ4n) is 1.43. The van der Waals surface area contributed by atoms with E-state index in [1.54, 1.807) is 6.20 Å². The third kappa shape index (κ3) is 1.77. The molecule has 0 bridgehead atoms. The second-order valence-corrected chi connectivity index (χ2v) is 3.52. The number of anilines is 2. The Bertz CT molecular complexity index is 306. The fourth-order valence-corrected chi connectivity index (χ4v) is 1.43. The zero-order valence-corrected chi connectivity index (χ0v) is 8.56. The van der Waals surface area contributed by atoms with Crippen LogP contribution in [0.25, 0.3) is 0 Å². The topological polar surface area (TPSA) is 44.3 Å². The second kappa shape index (κ2) is 3.79. The number of hydrogen-bond acceptors (Lipinski definition) is 5. The van der Waals surface area contributed by atoms with Gasteiger partial charge >= 0.3 is 0 Å². The molecule has 0 spiro atoms. The van der Waals surface area contributed by atoms with Gasteiger partial charge in [-0.15, -0.1) is 0 Å². The van der Waals surface area contributed by atoms with Crippen molar-refractivity contribution in [1.82, 2.24) is 15.4 Å². The summed E-state index contributed by atoms with van der Waals surface area (Å²) in [6.45, 7) is 2.05.